The Labute approximate surface area is 182 Å². The van der Waals surface area contributed by atoms with Crippen LogP contribution in [0, 0.1) is 0 Å². The van der Waals surface area contributed by atoms with Gasteiger partial charge in [-0.15, -0.1) is 0 Å². The molecule has 0 aliphatic carbocycles. The van der Waals surface area contributed by atoms with E-state index in [9.17, 15) is 14.7 Å². The fraction of sp³-hybridized carbons (Fsp3) is 0.913. The van der Waals surface area contributed by atoms with Gasteiger partial charge in [-0.25, -0.2) is 0 Å². The molecule has 0 spiro atoms. The van der Waals surface area contributed by atoms with E-state index >= 15 is 0 Å². The van der Waals surface area contributed by atoms with E-state index in [2.05, 4.69) is 6.92 Å². The number of carbonyl (C=O) groups is 2. The van der Waals surface area contributed by atoms with Crippen molar-refractivity contribution >= 4 is 11.9 Å². The lowest BCUT2D eigenvalue weighted by Gasteiger charge is -2.19. The topological polar surface area (TPSA) is 85.3 Å². The number of hydrogen-bond acceptors (Lipinski definition) is 7. The number of nitrogens with zero attached hydrogens (tertiary/aromatic N) is 1. The Morgan fingerprint density at radius 1 is 0.933 bits per heavy atom. The van der Waals surface area contributed by atoms with Gasteiger partial charge < -0.3 is 19.3 Å². The zero-order valence-corrected chi connectivity index (χ0v) is 19.3. The number of aliphatic hydroxyl groups excluding tert-OH is 1. The predicted octanol–water partition coefficient (Wildman–Crippen LogP) is 3.81. The minimum absolute atomic E-state index is 0.0277. The number of hydrogen-bond donors (Lipinski definition) is 1. The van der Waals surface area contributed by atoms with E-state index in [0.717, 1.165) is 19.3 Å². The summed E-state index contributed by atoms with van der Waals surface area (Å²) in [5, 5.41) is 9.71. The van der Waals surface area contributed by atoms with Crippen LogP contribution in [0.15, 0.2) is 0 Å². The summed E-state index contributed by atoms with van der Waals surface area (Å²) in [5.41, 5.74) is 0. The molecule has 1 N–H and O–H groups in total. The fourth-order valence-electron chi connectivity index (χ4n) is 3.61. The van der Waals surface area contributed by atoms with Crippen molar-refractivity contribution in [2.24, 2.45) is 0 Å². The molecule has 0 aromatic rings. The van der Waals surface area contributed by atoms with Crippen molar-refractivity contribution in [3.05, 3.63) is 0 Å². The van der Waals surface area contributed by atoms with Gasteiger partial charge in [-0.3, -0.25) is 14.5 Å². The molecule has 0 bridgehead atoms. The number of unbranched alkanes of at least 4 members (excludes halogenated alkanes) is 10. The molecule has 1 aliphatic rings. The molecule has 176 valence electrons. The molecule has 7 nitrogen and oxygen atoms in total. The van der Waals surface area contributed by atoms with Crippen LogP contribution in [-0.2, 0) is 23.8 Å². The Hall–Kier alpha value is -1.18. The molecule has 1 heterocycles. The highest BCUT2D eigenvalue weighted by Crippen LogP contribution is 2.23. The van der Waals surface area contributed by atoms with Crippen LogP contribution in [0.5, 0.6) is 0 Å². The minimum Gasteiger partial charge on any atom is -0.462 e. The highest BCUT2D eigenvalue weighted by atomic mass is 16.7. The van der Waals surface area contributed by atoms with Gasteiger partial charge in [-0.05, 0) is 20.5 Å². The largest absolute Gasteiger partial charge is 0.462 e. The van der Waals surface area contributed by atoms with Crippen molar-refractivity contribution in [2.75, 3.05) is 27.2 Å². The summed E-state index contributed by atoms with van der Waals surface area (Å²) in [5.74, 6) is -0.658. The van der Waals surface area contributed by atoms with Crippen LogP contribution >= 0.6 is 0 Å². The monoisotopic (exact) mass is 429 g/mol. The summed E-state index contributed by atoms with van der Waals surface area (Å²) < 4.78 is 16.0. The van der Waals surface area contributed by atoms with Crippen LogP contribution in [0.1, 0.15) is 90.4 Å². The second kappa shape index (κ2) is 16.5. The first-order chi connectivity index (χ1) is 14.4. The average Bonchev–Trinajstić information content (AvgIpc) is 3.03. The number of ether oxygens (including phenoxy) is 3. The first-order valence-corrected chi connectivity index (χ1v) is 11.8. The van der Waals surface area contributed by atoms with Crippen molar-refractivity contribution < 1.29 is 28.9 Å². The molecule has 0 amide bonds. The van der Waals surface area contributed by atoms with Crippen molar-refractivity contribution in [1.82, 2.24) is 4.90 Å². The van der Waals surface area contributed by atoms with E-state index in [1.54, 1.807) is 19.0 Å². The van der Waals surface area contributed by atoms with Crippen LogP contribution in [-0.4, -0.2) is 67.7 Å². The average molecular weight is 430 g/mol. The molecule has 7 heteroatoms. The lowest BCUT2D eigenvalue weighted by molar-refractivity contribution is -0.162. The van der Waals surface area contributed by atoms with E-state index < -0.39 is 18.5 Å². The van der Waals surface area contributed by atoms with Gasteiger partial charge in [0, 0.05) is 12.8 Å². The van der Waals surface area contributed by atoms with Gasteiger partial charge in [0.1, 0.15) is 18.8 Å². The van der Waals surface area contributed by atoms with Crippen molar-refractivity contribution in [3.63, 3.8) is 0 Å². The SMILES string of the molecule is CCCCCCCCCCCCCC(=O)O[C@@H]1C[C@H](O)O[C@@H]1COC(=O)CN(C)C. The smallest absolute Gasteiger partial charge is 0.320 e. The maximum Gasteiger partial charge on any atom is 0.320 e. The first kappa shape index (κ1) is 26.9. The fourth-order valence-corrected chi connectivity index (χ4v) is 3.61. The van der Waals surface area contributed by atoms with Crippen molar-refractivity contribution in [1.29, 1.82) is 0 Å². The Balaban J connectivity index is 2.09. The van der Waals surface area contributed by atoms with Crippen LogP contribution in [0.4, 0.5) is 0 Å². The van der Waals surface area contributed by atoms with E-state index in [-0.39, 0.29) is 31.5 Å². The lowest BCUT2D eigenvalue weighted by atomic mass is 10.1. The van der Waals surface area contributed by atoms with Gasteiger partial charge in [0.15, 0.2) is 6.29 Å². The lowest BCUT2D eigenvalue weighted by Crippen LogP contribution is -2.33. The molecule has 1 fully saturated rings. The zero-order chi connectivity index (χ0) is 22.2. The quantitative estimate of drug-likeness (QED) is 0.278. The summed E-state index contributed by atoms with van der Waals surface area (Å²) in [6.45, 7) is 2.38. The Morgan fingerprint density at radius 2 is 1.50 bits per heavy atom. The highest BCUT2D eigenvalue weighted by Gasteiger charge is 2.37. The molecular formula is C23H43NO6. The summed E-state index contributed by atoms with van der Waals surface area (Å²) >= 11 is 0. The molecule has 0 saturated carbocycles. The molecule has 0 aromatic carbocycles. The normalized spacial score (nSPS) is 21.2. The van der Waals surface area contributed by atoms with Crippen LogP contribution < -0.4 is 0 Å². The van der Waals surface area contributed by atoms with Gasteiger partial charge in [0.05, 0.1) is 6.54 Å². The van der Waals surface area contributed by atoms with E-state index in [0.29, 0.717) is 6.42 Å². The summed E-state index contributed by atoms with van der Waals surface area (Å²) in [6, 6.07) is 0. The third-order valence-electron chi connectivity index (χ3n) is 5.30. The molecule has 1 aliphatic heterocycles. The number of esters is 2. The minimum atomic E-state index is -0.998. The van der Waals surface area contributed by atoms with E-state index in [4.69, 9.17) is 14.2 Å². The van der Waals surface area contributed by atoms with Gasteiger partial charge >= 0.3 is 11.9 Å². The number of carbonyl (C=O) groups excluding carboxylic acids is 2. The van der Waals surface area contributed by atoms with Gasteiger partial charge in [0.2, 0.25) is 0 Å². The van der Waals surface area contributed by atoms with E-state index in [1.807, 2.05) is 0 Å². The van der Waals surface area contributed by atoms with Crippen LogP contribution in [0.3, 0.4) is 0 Å². The molecule has 0 aromatic heterocycles. The summed E-state index contributed by atoms with van der Waals surface area (Å²) in [6.07, 6.45) is 11.9. The Bertz CT molecular complexity index is 471. The summed E-state index contributed by atoms with van der Waals surface area (Å²) in [7, 11) is 3.55. The molecule has 3 atom stereocenters. The second-order valence-electron chi connectivity index (χ2n) is 8.60. The molecular weight excluding hydrogens is 386 g/mol. The van der Waals surface area contributed by atoms with Crippen LogP contribution in [0.25, 0.3) is 0 Å². The maximum absolute atomic E-state index is 12.1. The molecule has 0 unspecified atom stereocenters. The highest BCUT2D eigenvalue weighted by molar-refractivity contribution is 5.71. The first-order valence-electron chi connectivity index (χ1n) is 11.8. The molecule has 1 saturated heterocycles. The zero-order valence-electron chi connectivity index (χ0n) is 19.3. The van der Waals surface area contributed by atoms with Crippen molar-refractivity contribution in [2.45, 2.75) is 109 Å². The maximum atomic E-state index is 12.1. The third-order valence-corrected chi connectivity index (χ3v) is 5.30. The third kappa shape index (κ3) is 13.2. The standard InChI is InChI=1S/C23H43NO6/c1-4-5-6-7-8-9-10-11-12-13-14-15-21(25)29-19-16-22(26)30-20(19)18-28-23(27)17-24(2)3/h19-20,22,26H,4-18H2,1-3H3/t19-,20-,22-/m1/s1. The van der Waals surface area contributed by atoms with Crippen LogP contribution in [0.2, 0.25) is 0 Å². The predicted molar refractivity (Wildman–Crippen MR) is 116 cm³/mol. The Kier molecular flexibility index (Phi) is 14.8. The van der Waals surface area contributed by atoms with E-state index in [1.165, 1.54) is 51.4 Å². The van der Waals surface area contributed by atoms with Gasteiger partial charge in [0.25, 0.3) is 0 Å². The van der Waals surface area contributed by atoms with Gasteiger partial charge in [-0.1, -0.05) is 71.1 Å². The summed E-state index contributed by atoms with van der Waals surface area (Å²) in [4.78, 5) is 25.5. The Morgan fingerprint density at radius 3 is 2.07 bits per heavy atom. The number of aliphatic hydroxyl groups is 1. The van der Waals surface area contributed by atoms with Gasteiger partial charge in [-0.2, -0.15) is 0 Å². The second-order valence-corrected chi connectivity index (χ2v) is 8.60. The molecule has 30 heavy (non-hydrogen) atoms. The number of likely N-dealkylation sites (N-methyl/N-ethyl adjacent to an activating group) is 1. The molecule has 1 rings (SSSR count). The number of rotatable bonds is 17. The van der Waals surface area contributed by atoms with Crippen molar-refractivity contribution in [3.8, 4) is 0 Å². The molecule has 0 radical (unpaired) electrons.